The van der Waals surface area contributed by atoms with Crippen molar-refractivity contribution >= 4 is 38.4 Å². The van der Waals surface area contributed by atoms with Gasteiger partial charge in [-0.15, -0.1) is 11.3 Å². The van der Waals surface area contributed by atoms with Crippen LogP contribution in [0.2, 0.25) is 0 Å². The Morgan fingerprint density at radius 2 is 2.26 bits per heavy atom. The van der Waals surface area contributed by atoms with Gasteiger partial charge in [-0.05, 0) is 30.0 Å². The topological polar surface area (TPSA) is 56.6 Å². The molecule has 4 rings (SSSR count). The van der Waals surface area contributed by atoms with Crippen molar-refractivity contribution in [2.75, 3.05) is 19.6 Å². The van der Waals surface area contributed by atoms with Gasteiger partial charge in [0.1, 0.15) is 5.75 Å². The van der Waals surface area contributed by atoms with E-state index in [-0.39, 0.29) is 11.9 Å². The molecular formula is C18H18N2O2S. The van der Waals surface area contributed by atoms with Crippen LogP contribution in [-0.4, -0.2) is 45.8 Å². The molecule has 1 atom stereocenters. The molecule has 2 aromatic heterocycles. The van der Waals surface area contributed by atoms with Crippen LogP contribution >= 0.6 is 11.3 Å². The molecular weight excluding hydrogens is 308 g/mol. The number of fused-ring (bicyclic) bond motifs is 3. The first-order valence-electron chi connectivity index (χ1n) is 7.77. The number of benzene rings is 1. The Labute approximate surface area is 138 Å². The third-order valence-corrected chi connectivity index (χ3v) is 5.23. The molecule has 3 aromatic rings. The number of aromatic nitrogens is 1. The number of thiophene rings is 1. The lowest BCUT2D eigenvalue weighted by Crippen LogP contribution is -2.21. The number of rotatable bonds is 3. The number of aliphatic hydroxyl groups excluding tert-OH is 1. The first-order chi connectivity index (χ1) is 11.2. The third kappa shape index (κ3) is 2.72. The molecule has 0 spiro atoms. The minimum atomic E-state index is -0.205. The molecule has 0 aliphatic carbocycles. The highest BCUT2D eigenvalue weighted by molar-refractivity contribution is 7.17. The minimum absolute atomic E-state index is 0.205. The molecule has 23 heavy (non-hydrogen) atoms. The molecule has 3 heterocycles. The third-order valence-electron chi connectivity index (χ3n) is 4.38. The van der Waals surface area contributed by atoms with E-state index in [9.17, 15) is 10.2 Å². The first kappa shape index (κ1) is 14.6. The standard InChI is InChI=1S/C18H18N2O2S/c21-12-5-8-20(11-12)7-1-2-13-16(22)4-3-15-18(13)14-6-9-23-17(14)10-19-15/h1-4,6,9-10,12,21-22H,5,7-8,11H2/b2-1+. The van der Waals surface area contributed by atoms with Gasteiger partial charge in [-0.2, -0.15) is 0 Å². The van der Waals surface area contributed by atoms with Crippen LogP contribution in [0.1, 0.15) is 12.0 Å². The predicted octanol–water partition coefficient (Wildman–Crippen LogP) is 3.23. The summed E-state index contributed by atoms with van der Waals surface area (Å²) >= 11 is 1.66. The van der Waals surface area contributed by atoms with Gasteiger partial charge in [0.15, 0.2) is 0 Å². The lowest BCUT2D eigenvalue weighted by molar-refractivity contribution is 0.179. The largest absolute Gasteiger partial charge is 0.507 e. The van der Waals surface area contributed by atoms with Crippen LogP contribution in [0.15, 0.2) is 35.9 Å². The van der Waals surface area contributed by atoms with Crippen LogP contribution in [0.5, 0.6) is 5.75 Å². The lowest BCUT2D eigenvalue weighted by atomic mass is 10.0. The van der Waals surface area contributed by atoms with Gasteiger partial charge in [0.25, 0.3) is 0 Å². The number of β-amino-alcohol motifs (C(OH)–C–C–N with tert-alkyl or cyclic N) is 1. The molecule has 4 nitrogen and oxygen atoms in total. The number of phenolic OH excluding ortho intramolecular Hbond substituents is 1. The van der Waals surface area contributed by atoms with Crippen LogP contribution in [0.4, 0.5) is 0 Å². The SMILES string of the molecule is Oc1ccc2ncc3sccc3c2c1/C=C/CN1CCC(O)C1. The zero-order valence-corrected chi connectivity index (χ0v) is 13.5. The van der Waals surface area contributed by atoms with Crippen molar-refractivity contribution in [1.29, 1.82) is 0 Å². The molecule has 1 fully saturated rings. The molecule has 1 saturated heterocycles. The van der Waals surface area contributed by atoms with Crippen LogP contribution < -0.4 is 0 Å². The van der Waals surface area contributed by atoms with Crippen molar-refractivity contribution < 1.29 is 10.2 Å². The summed E-state index contributed by atoms with van der Waals surface area (Å²) < 4.78 is 1.13. The number of nitrogens with zero attached hydrogens (tertiary/aromatic N) is 2. The summed E-state index contributed by atoms with van der Waals surface area (Å²) in [6.45, 7) is 2.42. The average molecular weight is 326 g/mol. The predicted molar refractivity (Wildman–Crippen MR) is 94.9 cm³/mol. The van der Waals surface area contributed by atoms with Crippen molar-refractivity contribution in [1.82, 2.24) is 9.88 Å². The molecule has 1 unspecified atom stereocenters. The number of pyridine rings is 1. The maximum absolute atomic E-state index is 10.3. The van der Waals surface area contributed by atoms with Crippen molar-refractivity contribution in [2.24, 2.45) is 0 Å². The molecule has 2 N–H and O–H groups in total. The number of aliphatic hydroxyl groups is 1. The first-order valence-corrected chi connectivity index (χ1v) is 8.65. The van der Waals surface area contributed by atoms with Gasteiger partial charge in [-0.25, -0.2) is 0 Å². The Morgan fingerprint density at radius 1 is 1.35 bits per heavy atom. The van der Waals surface area contributed by atoms with E-state index in [0.717, 1.165) is 52.6 Å². The van der Waals surface area contributed by atoms with E-state index in [0.29, 0.717) is 0 Å². The Balaban J connectivity index is 1.73. The van der Waals surface area contributed by atoms with Gasteiger partial charge in [-0.3, -0.25) is 9.88 Å². The quantitative estimate of drug-likeness (QED) is 0.776. The van der Waals surface area contributed by atoms with Crippen molar-refractivity contribution in [3.63, 3.8) is 0 Å². The van der Waals surface area contributed by atoms with Crippen LogP contribution in [-0.2, 0) is 0 Å². The zero-order chi connectivity index (χ0) is 15.8. The molecule has 5 heteroatoms. The van der Waals surface area contributed by atoms with E-state index >= 15 is 0 Å². The second-order valence-electron chi connectivity index (χ2n) is 5.95. The molecule has 0 amide bonds. The summed E-state index contributed by atoms with van der Waals surface area (Å²) in [6.07, 6.45) is 6.55. The summed E-state index contributed by atoms with van der Waals surface area (Å²) in [5.41, 5.74) is 1.71. The lowest BCUT2D eigenvalue weighted by Gasteiger charge is -2.11. The van der Waals surface area contributed by atoms with Crippen LogP contribution in [0, 0.1) is 0 Å². The minimum Gasteiger partial charge on any atom is -0.507 e. The summed E-state index contributed by atoms with van der Waals surface area (Å²) in [5, 5.41) is 24.1. The normalized spacial score (nSPS) is 19.4. The second kappa shape index (κ2) is 5.92. The van der Waals surface area contributed by atoms with Gasteiger partial charge in [-0.1, -0.05) is 12.2 Å². The van der Waals surface area contributed by atoms with E-state index in [4.69, 9.17) is 0 Å². The second-order valence-corrected chi connectivity index (χ2v) is 6.90. The Kier molecular flexibility index (Phi) is 3.77. The highest BCUT2D eigenvalue weighted by Crippen LogP contribution is 2.34. The van der Waals surface area contributed by atoms with Gasteiger partial charge in [0.05, 0.1) is 16.3 Å². The number of phenols is 1. The molecule has 0 saturated carbocycles. The molecule has 0 bridgehead atoms. The zero-order valence-electron chi connectivity index (χ0n) is 12.6. The monoisotopic (exact) mass is 326 g/mol. The summed E-state index contributed by atoms with van der Waals surface area (Å²) in [4.78, 5) is 6.71. The maximum Gasteiger partial charge on any atom is 0.123 e. The highest BCUT2D eigenvalue weighted by Gasteiger charge is 2.18. The Morgan fingerprint density at radius 3 is 3.09 bits per heavy atom. The summed E-state index contributed by atoms with van der Waals surface area (Å²) in [5.74, 6) is 0.274. The molecule has 0 radical (unpaired) electrons. The number of hydrogen-bond donors (Lipinski definition) is 2. The fourth-order valence-corrected chi connectivity index (χ4v) is 3.97. The number of hydrogen-bond acceptors (Lipinski definition) is 5. The van der Waals surface area contributed by atoms with E-state index in [1.807, 2.05) is 18.3 Å². The fraction of sp³-hybridized carbons (Fsp3) is 0.278. The molecule has 1 aliphatic heterocycles. The molecule has 1 aromatic carbocycles. The van der Waals surface area contributed by atoms with Gasteiger partial charge in [0, 0.05) is 42.2 Å². The van der Waals surface area contributed by atoms with Crippen molar-refractivity contribution in [3.05, 3.63) is 41.4 Å². The highest BCUT2D eigenvalue weighted by atomic mass is 32.1. The smallest absolute Gasteiger partial charge is 0.123 e. The molecule has 1 aliphatic rings. The summed E-state index contributed by atoms with van der Waals surface area (Å²) in [6, 6.07) is 5.64. The maximum atomic E-state index is 10.3. The van der Waals surface area contributed by atoms with E-state index in [2.05, 4.69) is 27.4 Å². The number of likely N-dealkylation sites (tertiary alicyclic amines) is 1. The Bertz CT molecular complexity index is 887. The van der Waals surface area contributed by atoms with Crippen LogP contribution in [0.25, 0.3) is 27.1 Å². The molecule has 118 valence electrons. The Hall–Kier alpha value is -1.95. The van der Waals surface area contributed by atoms with Gasteiger partial charge in [0.2, 0.25) is 0 Å². The van der Waals surface area contributed by atoms with Crippen LogP contribution in [0.3, 0.4) is 0 Å². The number of aromatic hydroxyl groups is 1. The van der Waals surface area contributed by atoms with E-state index in [1.165, 1.54) is 0 Å². The fourth-order valence-electron chi connectivity index (χ4n) is 3.21. The van der Waals surface area contributed by atoms with Crippen molar-refractivity contribution in [2.45, 2.75) is 12.5 Å². The average Bonchev–Trinajstić information content (AvgIpc) is 3.17. The van der Waals surface area contributed by atoms with Gasteiger partial charge >= 0.3 is 0 Å². The van der Waals surface area contributed by atoms with Crippen molar-refractivity contribution in [3.8, 4) is 5.75 Å². The summed E-state index contributed by atoms with van der Waals surface area (Å²) in [7, 11) is 0. The van der Waals surface area contributed by atoms with E-state index in [1.54, 1.807) is 17.4 Å². The van der Waals surface area contributed by atoms with Gasteiger partial charge < -0.3 is 10.2 Å². The van der Waals surface area contributed by atoms with E-state index < -0.39 is 0 Å².